The summed E-state index contributed by atoms with van der Waals surface area (Å²) in [4.78, 5) is 27.9. The van der Waals surface area contributed by atoms with Crippen LogP contribution in [-0.2, 0) is 5.41 Å². The van der Waals surface area contributed by atoms with Crippen molar-refractivity contribution in [3.63, 3.8) is 0 Å². The number of dihydropyridines is 1. The second kappa shape index (κ2) is 14.0. The minimum Gasteiger partial charge on any atom is -0.288 e. The monoisotopic (exact) mass is 736 g/mol. The topological polar surface area (TPSA) is 87.7 Å². The van der Waals surface area contributed by atoms with Gasteiger partial charge in [0.25, 0.3) is 0 Å². The Bertz CT molecular complexity index is 2900. The van der Waals surface area contributed by atoms with E-state index in [0.29, 0.717) is 23.0 Å². The Balaban J connectivity index is 1.16. The molecular formula is C49H32N6S. The van der Waals surface area contributed by atoms with Crippen LogP contribution in [0.3, 0.4) is 0 Å². The van der Waals surface area contributed by atoms with E-state index in [0.717, 1.165) is 83.9 Å². The van der Waals surface area contributed by atoms with Crippen molar-refractivity contribution in [3.8, 4) is 51.4 Å². The van der Waals surface area contributed by atoms with E-state index in [1.165, 1.54) is 0 Å². The third-order valence-electron chi connectivity index (χ3n) is 10.6. The molecular weight excluding hydrogens is 705 g/mol. The van der Waals surface area contributed by atoms with E-state index < -0.39 is 5.41 Å². The standard InChI is InChI=1S/C49H32N6S/c50-31-35-27-28-37(38-16-5-4-15-36(35)38)32-23-25-34(26-24-32)47-53-46(33-13-2-1-3-14-33)54-48(55-47)39-17-12-19-41-45(39)56-42-20-7-6-18-40(42)49(41,43-21-8-10-29-51-43)44-22-9-11-30-52-44/h1-10,12-29H,11,30H2. The van der Waals surface area contributed by atoms with Crippen LogP contribution >= 0.6 is 11.8 Å². The fourth-order valence-corrected chi connectivity index (χ4v) is 9.34. The molecule has 56 heavy (non-hydrogen) atoms. The molecule has 2 aliphatic heterocycles. The zero-order valence-corrected chi connectivity index (χ0v) is 31.0. The van der Waals surface area contributed by atoms with Crippen molar-refractivity contribution in [2.45, 2.75) is 21.6 Å². The summed E-state index contributed by atoms with van der Waals surface area (Å²) in [6, 6.07) is 53.9. The molecule has 7 heteroatoms. The summed E-state index contributed by atoms with van der Waals surface area (Å²) in [5, 5.41) is 11.7. The maximum Gasteiger partial charge on any atom is 0.165 e. The molecule has 4 heterocycles. The zero-order chi connectivity index (χ0) is 37.5. The number of benzene rings is 6. The molecule has 8 aromatic rings. The molecule has 0 spiro atoms. The lowest BCUT2D eigenvalue weighted by molar-refractivity contribution is 0.737. The first-order valence-electron chi connectivity index (χ1n) is 18.6. The minimum atomic E-state index is -0.741. The lowest BCUT2D eigenvalue weighted by atomic mass is 9.67. The average Bonchev–Trinajstić information content (AvgIpc) is 3.28. The van der Waals surface area contributed by atoms with Crippen LogP contribution in [0.1, 0.15) is 28.8 Å². The van der Waals surface area contributed by atoms with E-state index in [2.05, 4.69) is 103 Å². The number of nitrogens with zero attached hydrogens (tertiary/aromatic N) is 6. The molecule has 1 atom stereocenters. The number of rotatable bonds is 6. The number of nitriles is 1. The lowest BCUT2D eigenvalue weighted by Gasteiger charge is -2.41. The van der Waals surface area contributed by atoms with Gasteiger partial charge in [0, 0.05) is 44.6 Å². The first kappa shape index (κ1) is 33.6. The number of pyridine rings is 1. The molecule has 0 saturated heterocycles. The van der Waals surface area contributed by atoms with E-state index in [1.807, 2.05) is 72.9 Å². The number of allylic oxidation sites excluding steroid dienone is 1. The summed E-state index contributed by atoms with van der Waals surface area (Å²) in [6.45, 7) is 0.724. The van der Waals surface area contributed by atoms with Gasteiger partial charge in [0.15, 0.2) is 17.5 Å². The second-order valence-corrected chi connectivity index (χ2v) is 14.8. The van der Waals surface area contributed by atoms with Crippen molar-refractivity contribution in [2.75, 3.05) is 6.54 Å². The highest BCUT2D eigenvalue weighted by atomic mass is 32.2. The largest absolute Gasteiger partial charge is 0.288 e. The van der Waals surface area contributed by atoms with E-state index in [4.69, 9.17) is 24.9 Å². The van der Waals surface area contributed by atoms with Crippen molar-refractivity contribution in [1.82, 2.24) is 19.9 Å². The third kappa shape index (κ3) is 5.54. The van der Waals surface area contributed by atoms with Crippen LogP contribution in [0.4, 0.5) is 0 Å². The third-order valence-corrected chi connectivity index (χ3v) is 11.8. The molecule has 1 unspecified atom stereocenters. The molecule has 6 nitrogen and oxygen atoms in total. The highest BCUT2D eigenvalue weighted by molar-refractivity contribution is 7.99. The predicted molar refractivity (Wildman–Crippen MR) is 225 cm³/mol. The van der Waals surface area contributed by atoms with E-state index in [9.17, 15) is 5.26 Å². The Morgan fingerprint density at radius 3 is 2.04 bits per heavy atom. The van der Waals surface area contributed by atoms with Gasteiger partial charge in [-0.3, -0.25) is 9.98 Å². The van der Waals surface area contributed by atoms with Gasteiger partial charge >= 0.3 is 0 Å². The Hall–Kier alpha value is -7.01. The average molecular weight is 737 g/mol. The first-order chi connectivity index (χ1) is 27.7. The van der Waals surface area contributed by atoms with Crippen LogP contribution in [0.15, 0.2) is 185 Å². The molecule has 0 fully saturated rings. The second-order valence-electron chi connectivity index (χ2n) is 13.8. The van der Waals surface area contributed by atoms with Gasteiger partial charge < -0.3 is 0 Å². The van der Waals surface area contributed by atoms with Gasteiger partial charge in [-0.15, -0.1) is 0 Å². The number of hydrogen-bond donors (Lipinski definition) is 0. The normalized spacial score (nSPS) is 15.7. The molecule has 0 bridgehead atoms. The maximum atomic E-state index is 9.73. The first-order valence-corrected chi connectivity index (χ1v) is 19.4. The highest BCUT2D eigenvalue weighted by Gasteiger charge is 2.48. The maximum absolute atomic E-state index is 9.73. The van der Waals surface area contributed by atoms with E-state index in [-0.39, 0.29) is 0 Å². The predicted octanol–water partition coefficient (Wildman–Crippen LogP) is 11.2. The van der Waals surface area contributed by atoms with Crippen molar-refractivity contribution in [3.05, 3.63) is 192 Å². The van der Waals surface area contributed by atoms with Crippen LogP contribution in [0.2, 0.25) is 0 Å². The Labute approximate surface area is 329 Å². The van der Waals surface area contributed by atoms with Gasteiger partial charge in [-0.1, -0.05) is 145 Å². The highest BCUT2D eigenvalue weighted by Crippen LogP contribution is 2.55. The van der Waals surface area contributed by atoms with Crippen LogP contribution in [0.25, 0.3) is 56.1 Å². The SMILES string of the molecule is N#Cc1ccc(-c2ccc(-c3nc(-c4ccccc4)nc(-c4cccc5c4Sc4ccccc4C5(C4=NCCC=C4)c4ccccn4)n3)cc2)c2ccccc12. The van der Waals surface area contributed by atoms with Crippen LogP contribution in [-0.4, -0.2) is 32.2 Å². The number of aliphatic imine (C=N–C) groups is 1. The van der Waals surface area contributed by atoms with Crippen LogP contribution in [0, 0.1) is 11.3 Å². The molecule has 0 saturated carbocycles. The summed E-state index contributed by atoms with van der Waals surface area (Å²) in [7, 11) is 0. The summed E-state index contributed by atoms with van der Waals surface area (Å²) in [5.41, 5.74) is 8.90. The van der Waals surface area contributed by atoms with Gasteiger partial charge in [-0.2, -0.15) is 5.26 Å². The van der Waals surface area contributed by atoms with Gasteiger partial charge in [0.05, 0.1) is 23.0 Å². The number of aromatic nitrogens is 4. The zero-order valence-electron chi connectivity index (χ0n) is 30.2. The van der Waals surface area contributed by atoms with Crippen molar-refractivity contribution in [1.29, 1.82) is 5.26 Å². The van der Waals surface area contributed by atoms with Crippen LogP contribution in [0.5, 0.6) is 0 Å². The Kier molecular flexibility index (Phi) is 8.39. The molecule has 0 radical (unpaired) electrons. The molecule has 2 aromatic heterocycles. The van der Waals surface area contributed by atoms with Crippen molar-refractivity contribution < 1.29 is 0 Å². The van der Waals surface area contributed by atoms with Gasteiger partial charge in [-0.25, -0.2) is 15.0 Å². The number of hydrogen-bond acceptors (Lipinski definition) is 7. The Morgan fingerprint density at radius 1 is 0.571 bits per heavy atom. The number of fused-ring (bicyclic) bond motifs is 3. The van der Waals surface area contributed by atoms with Crippen LogP contribution < -0.4 is 0 Å². The van der Waals surface area contributed by atoms with Crippen molar-refractivity contribution in [2.24, 2.45) is 4.99 Å². The molecule has 0 amide bonds. The molecule has 2 aliphatic rings. The summed E-state index contributed by atoms with van der Waals surface area (Å²) >= 11 is 1.74. The van der Waals surface area contributed by atoms with Gasteiger partial charge in [0.2, 0.25) is 0 Å². The van der Waals surface area contributed by atoms with Gasteiger partial charge in [-0.05, 0) is 64.4 Å². The minimum absolute atomic E-state index is 0.583. The lowest BCUT2D eigenvalue weighted by Crippen LogP contribution is -2.41. The smallest absolute Gasteiger partial charge is 0.165 e. The summed E-state index contributed by atoms with van der Waals surface area (Å²) in [6.07, 6.45) is 7.18. The Morgan fingerprint density at radius 2 is 1.27 bits per heavy atom. The van der Waals surface area contributed by atoms with E-state index >= 15 is 0 Å². The molecule has 10 rings (SSSR count). The van der Waals surface area contributed by atoms with E-state index in [1.54, 1.807) is 11.8 Å². The molecule has 264 valence electrons. The van der Waals surface area contributed by atoms with Gasteiger partial charge in [0.1, 0.15) is 5.41 Å². The summed E-state index contributed by atoms with van der Waals surface area (Å²) < 4.78 is 0. The molecule has 0 aliphatic carbocycles. The molecule has 6 aromatic carbocycles. The van der Waals surface area contributed by atoms with Crippen molar-refractivity contribution >= 4 is 28.2 Å². The molecule has 0 N–H and O–H groups in total. The quantitative estimate of drug-likeness (QED) is 0.169. The fraction of sp³-hybridized carbons (Fsp3) is 0.0612. The summed E-state index contributed by atoms with van der Waals surface area (Å²) in [5.74, 6) is 1.78. The fourth-order valence-electron chi connectivity index (χ4n) is 8.05.